The number of hydrogen-bond acceptors (Lipinski definition) is 11. The van der Waals surface area contributed by atoms with E-state index in [9.17, 15) is 9.90 Å². The van der Waals surface area contributed by atoms with E-state index >= 15 is 4.79 Å². The molecule has 314 valence electrons. The minimum absolute atomic E-state index is 0.00351. The van der Waals surface area contributed by atoms with E-state index in [4.69, 9.17) is 37.3 Å². The minimum atomic E-state index is -2.43. The van der Waals surface area contributed by atoms with Crippen molar-refractivity contribution in [2.45, 2.75) is 122 Å². The highest BCUT2D eigenvalue weighted by Crippen LogP contribution is 2.54. The summed E-state index contributed by atoms with van der Waals surface area (Å²) in [6, 6.07) is 1.03. The van der Waals surface area contributed by atoms with Gasteiger partial charge in [-0.2, -0.15) is 0 Å². The molecule has 1 unspecified atom stereocenters. The van der Waals surface area contributed by atoms with Crippen molar-refractivity contribution in [3.05, 3.63) is 59.7 Å². The average Bonchev–Trinajstić information content (AvgIpc) is 3.60. The fraction of sp³-hybridized carbons (Fsp3) is 0.571. The van der Waals surface area contributed by atoms with Crippen molar-refractivity contribution in [3.8, 4) is 34.5 Å². The molecule has 0 saturated carbocycles. The molecule has 3 aliphatic heterocycles. The van der Waals surface area contributed by atoms with Gasteiger partial charge in [0.1, 0.15) is 25.0 Å². The standard InChI is InChI=1S/C42H62N2O11Si2/c1-15-17-49-34-25(3)35-37(53-24-52-35)33-27(34)22-29-39(46)51-23-30(33)44(29)38(45)28(43-40(47)50-18-16-2)19-26-20-31(54-56(11,12)41(4,5)6)36(48-10)32(21-26)55-57(13,14)42(7,8)9/h15-16,20-21,28-30,39,46H,1-2,17-19,22-24H2,3-14H3,(H,43,47)/t28-,29-,30-,39?/m0/s1. The predicted molar refractivity (Wildman–Crippen MR) is 223 cm³/mol. The lowest BCUT2D eigenvalue weighted by Gasteiger charge is -2.50. The van der Waals surface area contributed by atoms with Gasteiger partial charge in [-0.25, -0.2) is 4.79 Å². The lowest BCUT2D eigenvalue weighted by atomic mass is 9.83. The molecule has 2 N–H and O–H groups in total. The van der Waals surface area contributed by atoms with Crippen LogP contribution in [0.3, 0.4) is 0 Å². The number of carbonyl (C=O) groups is 2. The van der Waals surface area contributed by atoms with Crippen molar-refractivity contribution in [2.24, 2.45) is 0 Å². The number of hydrogen-bond donors (Lipinski definition) is 2. The van der Waals surface area contributed by atoms with Gasteiger partial charge >= 0.3 is 6.09 Å². The van der Waals surface area contributed by atoms with E-state index in [1.54, 1.807) is 18.1 Å². The molecule has 3 aliphatic rings. The van der Waals surface area contributed by atoms with Crippen LogP contribution in [0.5, 0.6) is 34.5 Å². The molecule has 2 aromatic carbocycles. The molecule has 57 heavy (non-hydrogen) atoms. The Balaban J connectivity index is 1.64. The fourth-order valence-electron chi connectivity index (χ4n) is 6.83. The number of rotatable bonds is 14. The third-order valence-electron chi connectivity index (χ3n) is 11.9. The number of fused-ring (bicyclic) bond motifs is 6. The van der Waals surface area contributed by atoms with Crippen molar-refractivity contribution in [1.82, 2.24) is 10.2 Å². The zero-order valence-electron chi connectivity index (χ0n) is 35.8. The topological polar surface area (TPSA) is 143 Å². The molecule has 4 atom stereocenters. The third-order valence-corrected chi connectivity index (χ3v) is 20.6. The lowest BCUT2D eigenvalue weighted by Crippen LogP contribution is -2.62. The number of aliphatic hydroxyl groups excluding tert-OH is 1. The molecule has 1 saturated heterocycles. The first-order valence-corrected chi connectivity index (χ1v) is 25.3. The van der Waals surface area contributed by atoms with Crippen LogP contribution in [0.2, 0.25) is 36.3 Å². The average molecular weight is 827 g/mol. The highest BCUT2D eigenvalue weighted by atomic mass is 28.4. The molecule has 0 aliphatic carbocycles. The molecule has 0 spiro atoms. The van der Waals surface area contributed by atoms with Gasteiger partial charge in [-0.1, -0.05) is 66.9 Å². The maximum Gasteiger partial charge on any atom is 0.408 e. The Morgan fingerprint density at radius 2 is 1.54 bits per heavy atom. The maximum atomic E-state index is 15.2. The molecular formula is C42H62N2O11Si2. The summed E-state index contributed by atoms with van der Waals surface area (Å²) < 4.78 is 49.2. The number of ether oxygens (including phenoxy) is 6. The second-order valence-electron chi connectivity index (χ2n) is 17.9. The summed E-state index contributed by atoms with van der Waals surface area (Å²) in [5.74, 6) is 2.63. The molecular weight excluding hydrogens is 765 g/mol. The van der Waals surface area contributed by atoms with E-state index in [-0.39, 0.29) is 49.5 Å². The van der Waals surface area contributed by atoms with Gasteiger partial charge in [0.05, 0.1) is 25.8 Å². The first-order valence-electron chi connectivity index (χ1n) is 19.5. The number of methoxy groups -OCH3 is 1. The summed E-state index contributed by atoms with van der Waals surface area (Å²) in [5, 5.41) is 13.9. The number of amides is 2. The van der Waals surface area contributed by atoms with E-state index in [2.05, 4.69) is 86.2 Å². The molecule has 13 nitrogen and oxygen atoms in total. The van der Waals surface area contributed by atoms with Gasteiger partial charge in [0.15, 0.2) is 29.3 Å². The summed E-state index contributed by atoms with van der Waals surface area (Å²) in [7, 11) is -3.26. The van der Waals surface area contributed by atoms with Gasteiger partial charge in [-0.3, -0.25) is 4.79 Å². The lowest BCUT2D eigenvalue weighted by molar-refractivity contribution is -0.208. The molecule has 1 fully saturated rings. The molecule has 0 aromatic heterocycles. The van der Waals surface area contributed by atoms with Crippen LogP contribution >= 0.6 is 0 Å². The quantitative estimate of drug-likeness (QED) is 0.143. The number of carbonyl (C=O) groups excluding carboxylic acids is 2. The highest BCUT2D eigenvalue weighted by Gasteiger charge is 2.51. The van der Waals surface area contributed by atoms with Crippen LogP contribution in [-0.4, -0.2) is 90.7 Å². The molecule has 2 amide bonds. The van der Waals surface area contributed by atoms with Gasteiger partial charge in [0.2, 0.25) is 18.4 Å². The Labute approximate surface area is 339 Å². The Bertz CT molecular complexity index is 1820. The van der Waals surface area contributed by atoms with Gasteiger partial charge in [0, 0.05) is 29.5 Å². The van der Waals surface area contributed by atoms with Crippen molar-refractivity contribution in [2.75, 3.05) is 33.7 Å². The number of nitrogens with zero attached hydrogens (tertiary/aromatic N) is 1. The predicted octanol–water partition coefficient (Wildman–Crippen LogP) is 7.73. The van der Waals surface area contributed by atoms with E-state index in [0.717, 1.165) is 11.1 Å². The van der Waals surface area contributed by atoms with Crippen molar-refractivity contribution in [3.63, 3.8) is 0 Å². The largest absolute Gasteiger partial charge is 0.541 e. The Hall–Kier alpha value is -4.19. The van der Waals surface area contributed by atoms with Gasteiger partial charge < -0.3 is 52.6 Å². The zero-order valence-corrected chi connectivity index (χ0v) is 37.8. The normalized spacial score (nSPS) is 19.5. The maximum absolute atomic E-state index is 15.2. The molecule has 5 rings (SSSR count). The van der Waals surface area contributed by atoms with E-state index in [1.165, 1.54) is 6.08 Å². The summed E-state index contributed by atoms with van der Waals surface area (Å²) in [6.07, 6.45) is 1.19. The Kier molecular flexibility index (Phi) is 12.8. The van der Waals surface area contributed by atoms with E-state index in [0.29, 0.717) is 45.6 Å². The number of morpholine rings is 1. The minimum Gasteiger partial charge on any atom is -0.541 e. The Morgan fingerprint density at radius 1 is 0.965 bits per heavy atom. The monoisotopic (exact) mass is 826 g/mol. The van der Waals surface area contributed by atoms with Crippen molar-refractivity contribution < 1.29 is 52.0 Å². The van der Waals surface area contributed by atoms with Crippen LogP contribution in [0.4, 0.5) is 4.79 Å². The molecule has 15 heteroatoms. The van der Waals surface area contributed by atoms with Crippen LogP contribution in [0.25, 0.3) is 0 Å². The summed E-state index contributed by atoms with van der Waals surface area (Å²) in [4.78, 5) is 30.1. The number of benzene rings is 2. The SMILES string of the molecule is C=CCOC(=O)N[C@@H](Cc1cc(O[Si](C)(C)C(C)(C)C)c(OC)c(O[Si](C)(C)C(C)(C)C)c1)C(=O)N1[C@H]2COC(O)[C@@H]1Cc1c(OCC=C)c(C)c3c(c12)OCO3. The first-order chi connectivity index (χ1) is 26.6. The zero-order chi connectivity index (χ0) is 42.2. The van der Waals surface area contributed by atoms with E-state index < -0.39 is 53.1 Å². The van der Waals surface area contributed by atoms with Crippen LogP contribution in [0, 0.1) is 6.92 Å². The van der Waals surface area contributed by atoms with Gasteiger partial charge in [-0.15, -0.1) is 0 Å². The summed E-state index contributed by atoms with van der Waals surface area (Å²) in [6.45, 7) is 31.0. The van der Waals surface area contributed by atoms with Crippen molar-refractivity contribution >= 4 is 28.6 Å². The second kappa shape index (κ2) is 16.6. The van der Waals surface area contributed by atoms with Gasteiger partial charge in [0.25, 0.3) is 16.6 Å². The molecule has 3 heterocycles. The first kappa shape index (κ1) is 43.9. The van der Waals surface area contributed by atoms with Crippen LogP contribution < -0.4 is 33.1 Å². The van der Waals surface area contributed by atoms with E-state index in [1.807, 2.05) is 19.1 Å². The highest BCUT2D eigenvalue weighted by molar-refractivity contribution is 6.75. The molecule has 2 bridgehead atoms. The van der Waals surface area contributed by atoms with Crippen LogP contribution in [0.15, 0.2) is 37.4 Å². The van der Waals surface area contributed by atoms with Crippen LogP contribution in [-0.2, 0) is 27.1 Å². The number of aliphatic hydroxyl groups is 1. The van der Waals surface area contributed by atoms with Crippen LogP contribution in [0.1, 0.15) is 69.8 Å². The second-order valence-corrected chi connectivity index (χ2v) is 27.4. The number of nitrogens with one attached hydrogen (secondary N) is 1. The van der Waals surface area contributed by atoms with Crippen molar-refractivity contribution in [1.29, 1.82) is 0 Å². The van der Waals surface area contributed by atoms with Gasteiger partial charge in [-0.05, 0) is 60.9 Å². The summed E-state index contributed by atoms with van der Waals surface area (Å²) in [5.41, 5.74) is 2.89. The number of alkyl carbamates (subject to hydrolysis) is 1. The summed E-state index contributed by atoms with van der Waals surface area (Å²) >= 11 is 0. The third kappa shape index (κ3) is 8.81. The molecule has 0 radical (unpaired) electrons. The molecule has 2 aromatic rings. The Morgan fingerprint density at radius 3 is 2.09 bits per heavy atom. The smallest absolute Gasteiger partial charge is 0.408 e. The fourth-order valence-corrected chi connectivity index (χ4v) is 8.84.